The minimum Gasteiger partial charge on any atom is -0.474 e. The number of amides is 3. The summed E-state index contributed by atoms with van der Waals surface area (Å²) in [6.07, 6.45) is 0.531. The standard InChI is InChI=1S/C55H69FN10O12S2/c1-35-6-15-44(56)46(26-35)80(71,72)64-40-13-11-39(12-14-40)50-61-51-43(29-59-63-51)53(62-50)78-32-42-31-65(17-19-77-42)16-18-73-20-21-74-22-23-75-24-25-76-33-47(68)60-49(55(3,4)5)54(70)66-30-41(67)27-45(66)52(69)57-28-37-7-9-38(10-8-37)48-36(2)58-34-79-48/h6-15,26,29,34,41-42,45,49,64,67H,16-25,27-28,30-33H2,1-5H3,(H,57,69)(H,60,68)(H,59,61,62,63)/t41-,42-,45+,49-/m1/s1. The Labute approximate surface area is 468 Å². The van der Waals surface area contributed by atoms with E-state index in [2.05, 4.69) is 45.4 Å². The average Bonchev–Trinajstić information content (AvgIpc) is 4.25. The highest BCUT2D eigenvalue weighted by Crippen LogP contribution is 2.30. The third kappa shape index (κ3) is 16.3. The number of anilines is 1. The molecule has 3 aromatic heterocycles. The van der Waals surface area contributed by atoms with Crippen molar-refractivity contribution in [2.45, 2.75) is 76.8 Å². The largest absolute Gasteiger partial charge is 0.474 e. The third-order valence-corrected chi connectivity index (χ3v) is 15.7. The number of nitrogens with zero attached hydrogens (tertiary/aromatic N) is 6. The number of aliphatic hydroxyl groups excluding tert-OH is 1. The van der Waals surface area contributed by atoms with Crippen molar-refractivity contribution >= 4 is 55.8 Å². The normalized spacial score (nSPS) is 17.4. The average molecular weight is 1150 g/mol. The van der Waals surface area contributed by atoms with Crippen molar-refractivity contribution in [3.63, 3.8) is 0 Å². The van der Waals surface area contributed by atoms with Crippen LogP contribution in [0, 0.1) is 25.1 Å². The quantitative estimate of drug-likeness (QED) is 0.0439. The molecule has 25 heteroatoms. The van der Waals surface area contributed by atoms with Crippen molar-refractivity contribution in [1.29, 1.82) is 0 Å². The van der Waals surface area contributed by atoms with Crippen LogP contribution in [0.15, 0.2) is 83.3 Å². The molecule has 0 aliphatic carbocycles. The Bertz CT molecular complexity index is 3140. The number of aromatic nitrogens is 5. The lowest BCUT2D eigenvalue weighted by atomic mass is 9.85. The zero-order chi connectivity index (χ0) is 56.8. The minimum absolute atomic E-state index is 0.0299. The van der Waals surface area contributed by atoms with Crippen molar-refractivity contribution in [1.82, 2.24) is 45.6 Å². The van der Waals surface area contributed by atoms with E-state index in [9.17, 15) is 32.3 Å². The maximum absolute atomic E-state index is 14.4. The summed E-state index contributed by atoms with van der Waals surface area (Å²) in [5.74, 6) is -1.56. The number of aromatic amines is 1. The Balaban J connectivity index is 0.670. The SMILES string of the molecule is Cc1ccc(F)c(S(=O)(=O)Nc2ccc(-c3nc(OC[C@H]4CN(CCOCCOCCOCCOCC(=O)N[C@H](C(=O)N5C[C@H](O)C[C@H]5C(=O)NCc5ccc(-c6scnc6C)cc5)C(C)(C)C)CCO4)c4cn[nH]c4n3)cc2)c1. The van der Waals surface area contributed by atoms with Gasteiger partial charge in [-0.05, 0) is 72.4 Å². The van der Waals surface area contributed by atoms with Crippen LogP contribution in [-0.2, 0) is 54.6 Å². The second-order valence-corrected chi connectivity index (χ2v) is 23.0. The number of thiazole rings is 1. The molecule has 2 fully saturated rings. The Morgan fingerprint density at radius 3 is 2.31 bits per heavy atom. The minimum atomic E-state index is -4.17. The highest BCUT2D eigenvalue weighted by Gasteiger charge is 2.44. The maximum atomic E-state index is 14.4. The van der Waals surface area contributed by atoms with Gasteiger partial charge in [-0.1, -0.05) is 51.1 Å². The van der Waals surface area contributed by atoms with Crippen molar-refractivity contribution in [2.75, 3.05) is 97.0 Å². The zero-order valence-corrected chi connectivity index (χ0v) is 47.1. The summed E-state index contributed by atoms with van der Waals surface area (Å²) in [5, 5.41) is 23.8. The highest BCUT2D eigenvalue weighted by molar-refractivity contribution is 7.92. The first-order valence-corrected chi connectivity index (χ1v) is 28.7. The van der Waals surface area contributed by atoms with Gasteiger partial charge in [0, 0.05) is 50.4 Å². The second-order valence-electron chi connectivity index (χ2n) is 20.5. The van der Waals surface area contributed by atoms with Crippen LogP contribution in [0.2, 0.25) is 0 Å². The van der Waals surface area contributed by atoms with Gasteiger partial charge in [-0.25, -0.2) is 22.8 Å². The fraction of sp³-hybridized carbons (Fsp3) is 0.473. The van der Waals surface area contributed by atoms with Crippen LogP contribution in [0.25, 0.3) is 32.9 Å². The molecule has 3 amide bonds. The van der Waals surface area contributed by atoms with Crippen LogP contribution in [0.1, 0.15) is 44.0 Å². The topological polar surface area (TPSA) is 271 Å². The summed E-state index contributed by atoms with van der Waals surface area (Å²) >= 11 is 1.56. The van der Waals surface area contributed by atoms with Gasteiger partial charge in [0.25, 0.3) is 10.0 Å². The molecule has 430 valence electrons. The van der Waals surface area contributed by atoms with E-state index in [1.54, 1.807) is 54.2 Å². The molecule has 2 saturated heterocycles. The Morgan fingerprint density at radius 2 is 1.61 bits per heavy atom. The third-order valence-electron chi connectivity index (χ3n) is 13.3. The molecule has 2 aliphatic heterocycles. The number of fused-ring (bicyclic) bond motifs is 1. The smallest absolute Gasteiger partial charge is 0.264 e. The van der Waals surface area contributed by atoms with Crippen molar-refractivity contribution in [2.24, 2.45) is 5.41 Å². The van der Waals surface area contributed by atoms with Crippen LogP contribution in [0.3, 0.4) is 0 Å². The van der Waals surface area contributed by atoms with Gasteiger partial charge < -0.3 is 49.1 Å². The molecule has 0 bridgehead atoms. The molecule has 2 aliphatic rings. The Kier molecular flexibility index (Phi) is 20.7. The molecular formula is C55H69FN10O12S2. The first-order valence-electron chi connectivity index (χ1n) is 26.3. The molecule has 0 radical (unpaired) electrons. The zero-order valence-electron chi connectivity index (χ0n) is 45.4. The predicted octanol–water partition coefficient (Wildman–Crippen LogP) is 4.66. The number of benzene rings is 3. The summed E-state index contributed by atoms with van der Waals surface area (Å²) in [4.78, 5) is 58.2. The number of β-amino-alcohol motifs (C(OH)–C–C–N with tert-alkyl or cyclic N) is 1. The summed E-state index contributed by atoms with van der Waals surface area (Å²) in [6, 6.07) is 16.2. The van der Waals surface area contributed by atoms with Crippen molar-refractivity contribution < 1.29 is 60.7 Å². The molecule has 0 spiro atoms. The van der Waals surface area contributed by atoms with Gasteiger partial charge in [-0.2, -0.15) is 10.1 Å². The van der Waals surface area contributed by atoms with Gasteiger partial charge >= 0.3 is 0 Å². The molecule has 3 aromatic carbocycles. The van der Waals surface area contributed by atoms with Gasteiger partial charge in [0.1, 0.15) is 47.5 Å². The summed E-state index contributed by atoms with van der Waals surface area (Å²) < 4.78 is 77.5. The molecule has 22 nitrogen and oxygen atoms in total. The molecule has 5 heterocycles. The van der Waals surface area contributed by atoms with Gasteiger partial charge in [-0.15, -0.1) is 11.3 Å². The van der Waals surface area contributed by atoms with Gasteiger partial charge in [0.15, 0.2) is 11.5 Å². The first-order chi connectivity index (χ1) is 38.4. The van der Waals surface area contributed by atoms with E-state index < -0.39 is 56.2 Å². The number of rotatable bonds is 27. The molecule has 8 rings (SSSR count). The number of sulfonamides is 1. The number of morpholine rings is 1. The van der Waals surface area contributed by atoms with Crippen molar-refractivity contribution in [3.05, 3.63) is 101 Å². The molecular weight excluding hydrogens is 1080 g/mol. The fourth-order valence-corrected chi connectivity index (χ4v) is 11.1. The van der Waals surface area contributed by atoms with E-state index in [4.69, 9.17) is 28.4 Å². The van der Waals surface area contributed by atoms with E-state index in [1.807, 2.05) is 52.0 Å². The van der Waals surface area contributed by atoms with E-state index in [1.165, 1.54) is 17.0 Å². The van der Waals surface area contributed by atoms with E-state index >= 15 is 0 Å². The van der Waals surface area contributed by atoms with Crippen molar-refractivity contribution in [3.8, 4) is 27.7 Å². The summed E-state index contributed by atoms with van der Waals surface area (Å²) in [5.41, 5.74) is 5.85. The van der Waals surface area contributed by atoms with Crippen LogP contribution in [0.4, 0.5) is 10.1 Å². The first kappa shape index (κ1) is 59.6. The van der Waals surface area contributed by atoms with Gasteiger partial charge in [0.05, 0.1) is 81.2 Å². The molecule has 4 atom stereocenters. The van der Waals surface area contributed by atoms with Gasteiger partial charge in [-0.3, -0.25) is 29.1 Å². The number of likely N-dealkylation sites (tertiary alicyclic amines) is 1. The Hall–Kier alpha value is -6.55. The fourth-order valence-electron chi connectivity index (χ4n) is 9.02. The lowest BCUT2D eigenvalue weighted by Gasteiger charge is -2.35. The lowest BCUT2D eigenvalue weighted by molar-refractivity contribution is -0.144. The van der Waals surface area contributed by atoms with Gasteiger partial charge in [0.2, 0.25) is 23.6 Å². The van der Waals surface area contributed by atoms with Crippen LogP contribution in [-0.4, -0.2) is 183 Å². The monoisotopic (exact) mass is 1140 g/mol. The highest BCUT2D eigenvalue weighted by atomic mass is 32.2. The number of carbonyl (C=O) groups excluding carboxylic acids is 3. The number of aliphatic hydroxyl groups is 1. The van der Waals surface area contributed by atoms with Crippen LogP contribution < -0.4 is 20.1 Å². The molecule has 0 unspecified atom stereocenters. The molecule has 0 saturated carbocycles. The molecule has 6 aromatic rings. The number of ether oxygens (including phenoxy) is 6. The maximum Gasteiger partial charge on any atom is 0.264 e. The number of aryl methyl sites for hydroxylation is 2. The summed E-state index contributed by atoms with van der Waals surface area (Å²) in [7, 11) is -4.17. The van der Waals surface area contributed by atoms with Crippen LogP contribution >= 0.6 is 11.3 Å². The number of hydrogen-bond acceptors (Lipinski definition) is 18. The number of nitrogens with one attached hydrogen (secondary N) is 4. The number of halogens is 1. The Morgan fingerprint density at radius 1 is 0.912 bits per heavy atom. The molecule has 5 N–H and O–H groups in total. The number of carbonyl (C=O) groups is 3. The molecule has 80 heavy (non-hydrogen) atoms. The van der Waals surface area contributed by atoms with Crippen LogP contribution in [0.5, 0.6) is 5.88 Å². The number of hydrogen-bond donors (Lipinski definition) is 5. The van der Waals surface area contributed by atoms with E-state index in [0.29, 0.717) is 86.6 Å². The predicted molar refractivity (Wildman–Crippen MR) is 296 cm³/mol. The summed E-state index contributed by atoms with van der Waals surface area (Å²) in [6.45, 7) is 14.0. The lowest BCUT2D eigenvalue weighted by Crippen LogP contribution is -2.58. The van der Waals surface area contributed by atoms with E-state index in [-0.39, 0.29) is 63.6 Å². The van der Waals surface area contributed by atoms with E-state index in [0.717, 1.165) is 34.3 Å². The number of H-pyrrole nitrogens is 1. The second kappa shape index (κ2) is 27.7.